The molecule has 0 unspecified atom stereocenters. The average molecular weight is 406 g/mol. The molecule has 30 heavy (non-hydrogen) atoms. The van der Waals surface area contributed by atoms with Crippen LogP contribution in [-0.2, 0) is 18.3 Å². The average Bonchev–Trinajstić information content (AvgIpc) is 3.31. The van der Waals surface area contributed by atoms with Crippen molar-refractivity contribution in [3.63, 3.8) is 0 Å². The van der Waals surface area contributed by atoms with Gasteiger partial charge in [-0.3, -0.25) is 9.88 Å². The molecule has 0 N–H and O–H groups in total. The quantitative estimate of drug-likeness (QED) is 0.602. The zero-order chi connectivity index (χ0) is 20.7. The van der Waals surface area contributed by atoms with Crippen molar-refractivity contribution in [3.8, 4) is 0 Å². The van der Waals surface area contributed by atoms with Gasteiger partial charge in [0.2, 0.25) is 5.95 Å². The highest BCUT2D eigenvalue weighted by Gasteiger charge is 2.48. The Morgan fingerprint density at radius 3 is 2.77 bits per heavy atom. The summed E-state index contributed by atoms with van der Waals surface area (Å²) in [5, 5.41) is 1.29. The van der Waals surface area contributed by atoms with Crippen LogP contribution in [0.25, 0.3) is 10.9 Å². The molecule has 0 atom stereocenters. The molecule has 0 aromatic carbocycles. The fraction of sp³-hybridized carbons (Fsp3) is 0.455. The highest BCUT2D eigenvalue weighted by atomic mass is 16.5. The van der Waals surface area contributed by atoms with Gasteiger partial charge in [-0.15, -0.1) is 0 Å². The number of anilines is 1. The van der Waals surface area contributed by atoms with E-state index in [0.29, 0.717) is 23.5 Å². The molecule has 3 aromatic rings. The SMILES string of the molecule is CCOC(=O)c1cnc(N2CCC3(CN(Cc4cn(C)c5cnccc45)C3)C2)nc1. The summed E-state index contributed by atoms with van der Waals surface area (Å²) in [4.78, 5) is 29.6. The van der Waals surface area contributed by atoms with Crippen molar-refractivity contribution in [1.29, 1.82) is 0 Å². The van der Waals surface area contributed by atoms with E-state index in [1.807, 2.05) is 12.4 Å². The number of hydrogen-bond donors (Lipinski definition) is 0. The van der Waals surface area contributed by atoms with E-state index in [1.54, 1.807) is 19.3 Å². The molecule has 156 valence electrons. The van der Waals surface area contributed by atoms with Crippen LogP contribution in [0.5, 0.6) is 0 Å². The third-order valence-electron chi connectivity index (χ3n) is 6.26. The van der Waals surface area contributed by atoms with Crippen LogP contribution in [0, 0.1) is 5.41 Å². The van der Waals surface area contributed by atoms with E-state index in [4.69, 9.17) is 4.74 Å². The van der Waals surface area contributed by atoms with Gasteiger partial charge in [0.1, 0.15) is 0 Å². The smallest absolute Gasteiger partial charge is 0.341 e. The third-order valence-corrected chi connectivity index (χ3v) is 6.26. The van der Waals surface area contributed by atoms with Gasteiger partial charge in [0, 0.05) is 75.4 Å². The number of likely N-dealkylation sites (tertiary alicyclic amines) is 1. The minimum absolute atomic E-state index is 0.315. The Hall–Kier alpha value is -3.00. The summed E-state index contributed by atoms with van der Waals surface area (Å²) in [6.45, 7) is 7.19. The Balaban J connectivity index is 1.20. The van der Waals surface area contributed by atoms with Crippen molar-refractivity contribution >= 4 is 22.8 Å². The number of nitrogens with zero attached hydrogens (tertiary/aromatic N) is 6. The number of hydrogen-bond acceptors (Lipinski definition) is 7. The summed E-state index contributed by atoms with van der Waals surface area (Å²) >= 11 is 0. The maximum Gasteiger partial charge on any atom is 0.341 e. The van der Waals surface area contributed by atoms with Crippen LogP contribution in [0.2, 0.25) is 0 Å². The monoisotopic (exact) mass is 406 g/mol. The van der Waals surface area contributed by atoms with Crippen LogP contribution < -0.4 is 4.90 Å². The minimum Gasteiger partial charge on any atom is -0.462 e. The number of fused-ring (bicyclic) bond motifs is 1. The number of esters is 1. The fourth-order valence-corrected chi connectivity index (χ4v) is 4.86. The van der Waals surface area contributed by atoms with Gasteiger partial charge in [0.15, 0.2) is 0 Å². The van der Waals surface area contributed by atoms with Crippen LogP contribution in [0.4, 0.5) is 5.95 Å². The van der Waals surface area contributed by atoms with Crippen molar-refractivity contribution in [2.24, 2.45) is 12.5 Å². The summed E-state index contributed by atoms with van der Waals surface area (Å²) in [5.41, 5.74) is 3.25. The van der Waals surface area contributed by atoms with Crippen LogP contribution in [0.3, 0.4) is 0 Å². The molecular formula is C22H26N6O2. The van der Waals surface area contributed by atoms with E-state index in [1.165, 1.54) is 16.5 Å². The maximum atomic E-state index is 11.8. The molecule has 0 saturated carbocycles. The zero-order valence-corrected chi connectivity index (χ0v) is 17.4. The van der Waals surface area contributed by atoms with Gasteiger partial charge in [-0.1, -0.05) is 0 Å². The molecule has 1 spiro atoms. The molecule has 5 heterocycles. The molecule has 8 heteroatoms. The van der Waals surface area contributed by atoms with Crippen molar-refractivity contribution in [1.82, 2.24) is 24.4 Å². The predicted octanol–water partition coefficient (Wildman–Crippen LogP) is 2.25. The molecule has 2 saturated heterocycles. The Kier molecular flexibility index (Phi) is 4.66. The lowest BCUT2D eigenvalue weighted by molar-refractivity contribution is 0.0119. The van der Waals surface area contributed by atoms with E-state index in [-0.39, 0.29) is 5.97 Å². The van der Waals surface area contributed by atoms with Crippen molar-refractivity contribution < 1.29 is 9.53 Å². The summed E-state index contributed by atoms with van der Waals surface area (Å²) in [7, 11) is 2.08. The van der Waals surface area contributed by atoms with Gasteiger partial charge >= 0.3 is 5.97 Å². The first-order valence-electron chi connectivity index (χ1n) is 10.4. The molecule has 0 radical (unpaired) electrons. The van der Waals surface area contributed by atoms with Gasteiger partial charge in [0.05, 0.1) is 23.9 Å². The summed E-state index contributed by atoms with van der Waals surface area (Å²) in [6.07, 6.45) is 10.3. The predicted molar refractivity (Wildman–Crippen MR) is 113 cm³/mol. The second-order valence-electron chi connectivity index (χ2n) is 8.47. The topological polar surface area (TPSA) is 76.4 Å². The van der Waals surface area contributed by atoms with Crippen molar-refractivity contribution in [2.45, 2.75) is 19.9 Å². The number of carbonyl (C=O) groups is 1. The van der Waals surface area contributed by atoms with Gasteiger partial charge in [0.25, 0.3) is 0 Å². The molecule has 0 amide bonds. The largest absolute Gasteiger partial charge is 0.462 e. The summed E-state index contributed by atoms with van der Waals surface area (Å²) in [6, 6.07) is 2.11. The summed E-state index contributed by atoms with van der Waals surface area (Å²) < 4.78 is 7.15. The standard InChI is InChI=1S/C22H26N6O2/c1-3-30-20(29)16-8-24-21(25-9-16)28-7-5-22(15-28)13-27(14-22)12-17-11-26(2)19-10-23-6-4-18(17)19/h4,6,8-11H,3,5,7,12-15H2,1-2H3. The van der Waals surface area contributed by atoms with Gasteiger partial charge in [-0.25, -0.2) is 14.8 Å². The van der Waals surface area contributed by atoms with Crippen molar-refractivity contribution in [2.75, 3.05) is 37.7 Å². The normalized spacial score (nSPS) is 18.1. The Morgan fingerprint density at radius 1 is 1.20 bits per heavy atom. The number of aryl methyl sites for hydroxylation is 1. The molecule has 2 aliphatic heterocycles. The molecule has 0 bridgehead atoms. The highest BCUT2D eigenvalue weighted by molar-refractivity contribution is 5.88. The zero-order valence-electron chi connectivity index (χ0n) is 17.4. The second kappa shape index (κ2) is 7.36. The highest BCUT2D eigenvalue weighted by Crippen LogP contribution is 2.41. The molecule has 8 nitrogen and oxygen atoms in total. The first-order valence-corrected chi connectivity index (χ1v) is 10.4. The lowest BCUT2D eigenvalue weighted by atomic mass is 9.79. The van der Waals surface area contributed by atoms with Crippen molar-refractivity contribution in [3.05, 3.63) is 48.2 Å². The lowest BCUT2D eigenvalue weighted by Crippen LogP contribution is -2.56. The van der Waals surface area contributed by atoms with Gasteiger partial charge < -0.3 is 14.2 Å². The van der Waals surface area contributed by atoms with E-state index in [0.717, 1.165) is 39.1 Å². The molecule has 5 rings (SSSR count). The molecular weight excluding hydrogens is 380 g/mol. The fourth-order valence-electron chi connectivity index (χ4n) is 4.86. The van der Waals surface area contributed by atoms with Crippen LogP contribution >= 0.6 is 0 Å². The maximum absolute atomic E-state index is 11.8. The second-order valence-corrected chi connectivity index (χ2v) is 8.47. The van der Waals surface area contributed by atoms with Crippen LogP contribution in [-0.4, -0.2) is 63.2 Å². The first-order chi connectivity index (χ1) is 14.6. The third kappa shape index (κ3) is 3.31. The van der Waals surface area contributed by atoms with Crippen LogP contribution in [0.15, 0.2) is 37.1 Å². The van der Waals surface area contributed by atoms with Gasteiger partial charge in [-0.05, 0) is 25.0 Å². The summed E-state index contributed by atoms with van der Waals surface area (Å²) in [5.74, 6) is 0.320. The number of aromatic nitrogens is 4. The Labute approximate surface area is 175 Å². The molecule has 2 aliphatic rings. The number of ether oxygens (including phenoxy) is 1. The van der Waals surface area contributed by atoms with E-state index in [2.05, 4.69) is 48.6 Å². The molecule has 0 aliphatic carbocycles. The molecule has 2 fully saturated rings. The van der Waals surface area contributed by atoms with E-state index < -0.39 is 0 Å². The van der Waals surface area contributed by atoms with Crippen LogP contribution in [0.1, 0.15) is 29.3 Å². The molecule has 3 aromatic heterocycles. The Morgan fingerprint density at radius 2 is 2.00 bits per heavy atom. The number of carbonyl (C=O) groups excluding carboxylic acids is 1. The van der Waals surface area contributed by atoms with E-state index in [9.17, 15) is 4.79 Å². The van der Waals surface area contributed by atoms with E-state index >= 15 is 0 Å². The number of rotatable bonds is 5. The Bertz CT molecular complexity index is 1070. The first kappa shape index (κ1) is 19.0. The number of pyridine rings is 1. The minimum atomic E-state index is -0.374. The lowest BCUT2D eigenvalue weighted by Gasteiger charge is -2.48. The van der Waals surface area contributed by atoms with Gasteiger partial charge in [-0.2, -0.15) is 0 Å².